The van der Waals surface area contributed by atoms with Crippen LogP contribution in [0.2, 0.25) is 0 Å². The molecule has 2 aromatic carbocycles. The molecule has 29 heavy (non-hydrogen) atoms. The number of hydrogen-bond donors (Lipinski definition) is 2. The number of nitrogens with one attached hydrogen (secondary N) is 1. The second-order valence-corrected chi connectivity index (χ2v) is 6.97. The zero-order chi connectivity index (χ0) is 22.0. The van der Waals surface area contributed by atoms with Gasteiger partial charge in [0.15, 0.2) is 0 Å². The summed E-state index contributed by atoms with van der Waals surface area (Å²) in [6, 6.07) is 5.69. The lowest BCUT2D eigenvalue weighted by Crippen LogP contribution is -2.46. The first-order valence-corrected chi connectivity index (χ1v) is 8.71. The van der Waals surface area contributed by atoms with Gasteiger partial charge in [-0.15, -0.1) is 0 Å². The van der Waals surface area contributed by atoms with Crippen LogP contribution in [0.1, 0.15) is 27.0 Å². The summed E-state index contributed by atoms with van der Waals surface area (Å²) in [6.07, 6.45) is -10.3. The van der Waals surface area contributed by atoms with Gasteiger partial charge in [0, 0.05) is 16.5 Å². The molecule has 0 aliphatic heterocycles. The number of hydrogen-bond acceptors (Lipinski definition) is 2. The number of benzene rings is 2. The van der Waals surface area contributed by atoms with E-state index in [0.29, 0.717) is 10.0 Å². The molecule has 11 heteroatoms. The molecule has 0 aromatic heterocycles. The van der Waals surface area contributed by atoms with Crippen molar-refractivity contribution in [2.75, 3.05) is 0 Å². The van der Waals surface area contributed by atoms with Crippen molar-refractivity contribution >= 4 is 27.7 Å². The summed E-state index contributed by atoms with van der Waals surface area (Å²) < 4.78 is 78.3. The number of rotatable bonds is 5. The van der Waals surface area contributed by atoms with Gasteiger partial charge in [-0.3, -0.25) is 9.59 Å². The Morgan fingerprint density at radius 1 is 0.966 bits per heavy atom. The molecule has 0 aliphatic rings. The third kappa shape index (κ3) is 6.21. The Labute approximate surface area is 169 Å². The molecule has 4 nitrogen and oxygen atoms in total. The fourth-order valence-corrected chi connectivity index (χ4v) is 2.90. The second kappa shape index (κ2) is 8.44. The van der Waals surface area contributed by atoms with Crippen molar-refractivity contribution in [3.63, 3.8) is 0 Å². The van der Waals surface area contributed by atoms with Crippen molar-refractivity contribution in [2.45, 2.75) is 24.8 Å². The Kier molecular flexibility index (Phi) is 6.61. The molecule has 0 saturated heterocycles. The summed E-state index contributed by atoms with van der Waals surface area (Å²) in [5.74, 6) is -2.29. The molecule has 0 saturated carbocycles. The molecule has 0 radical (unpaired) electrons. The number of primary amides is 1. The van der Waals surface area contributed by atoms with E-state index >= 15 is 0 Å². The van der Waals surface area contributed by atoms with Crippen LogP contribution >= 0.6 is 15.9 Å². The van der Waals surface area contributed by atoms with Crippen LogP contribution in [0.15, 0.2) is 46.9 Å². The van der Waals surface area contributed by atoms with Gasteiger partial charge in [0.2, 0.25) is 5.91 Å². The van der Waals surface area contributed by atoms with Gasteiger partial charge in [0.1, 0.15) is 6.04 Å². The molecular formula is C18H13BrF6N2O2. The first kappa shape index (κ1) is 22.7. The third-order valence-corrected chi connectivity index (χ3v) is 4.32. The molecule has 156 valence electrons. The summed E-state index contributed by atoms with van der Waals surface area (Å²) >= 11 is 3.21. The number of carbonyl (C=O) groups is 2. The van der Waals surface area contributed by atoms with Crippen LogP contribution in [-0.2, 0) is 23.6 Å². The SMILES string of the molecule is NC(=O)[C@H](Cc1cccc(Br)c1)NC(=O)c1cc(C(F)(F)F)cc(C(F)(F)F)c1. The Balaban J connectivity index is 2.35. The molecule has 1 atom stereocenters. The van der Waals surface area contributed by atoms with Crippen molar-refractivity contribution in [3.8, 4) is 0 Å². The molecule has 2 rings (SSSR count). The predicted octanol–water partition coefficient (Wildman–Crippen LogP) is 4.31. The van der Waals surface area contributed by atoms with Gasteiger partial charge in [0.25, 0.3) is 5.91 Å². The van der Waals surface area contributed by atoms with Crippen LogP contribution in [0, 0.1) is 0 Å². The first-order chi connectivity index (χ1) is 13.3. The maximum Gasteiger partial charge on any atom is 0.416 e. The van der Waals surface area contributed by atoms with E-state index in [-0.39, 0.29) is 24.6 Å². The van der Waals surface area contributed by atoms with Crippen LogP contribution in [0.25, 0.3) is 0 Å². The highest BCUT2D eigenvalue weighted by Gasteiger charge is 2.37. The molecule has 0 fully saturated rings. The minimum Gasteiger partial charge on any atom is -0.368 e. The van der Waals surface area contributed by atoms with Crippen molar-refractivity contribution in [1.29, 1.82) is 0 Å². The predicted molar refractivity (Wildman–Crippen MR) is 94.7 cm³/mol. The number of carbonyl (C=O) groups excluding carboxylic acids is 2. The van der Waals surface area contributed by atoms with E-state index in [1.54, 1.807) is 24.3 Å². The van der Waals surface area contributed by atoms with E-state index in [0.717, 1.165) is 0 Å². The number of alkyl halides is 6. The van der Waals surface area contributed by atoms with Crippen molar-refractivity contribution in [3.05, 3.63) is 69.2 Å². The Hall–Kier alpha value is -2.56. The lowest BCUT2D eigenvalue weighted by atomic mass is 10.0. The van der Waals surface area contributed by atoms with Crippen LogP contribution in [0.5, 0.6) is 0 Å². The average Bonchev–Trinajstić information content (AvgIpc) is 2.59. The zero-order valence-electron chi connectivity index (χ0n) is 14.4. The van der Waals surface area contributed by atoms with Gasteiger partial charge in [-0.1, -0.05) is 28.1 Å². The topological polar surface area (TPSA) is 72.2 Å². The number of amides is 2. The molecule has 0 heterocycles. The fourth-order valence-electron chi connectivity index (χ4n) is 2.45. The summed E-state index contributed by atoms with van der Waals surface area (Å²) in [5.41, 5.74) is 1.61. The van der Waals surface area contributed by atoms with E-state index in [1.165, 1.54) is 0 Å². The summed E-state index contributed by atoms with van der Waals surface area (Å²) in [7, 11) is 0. The summed E-state index contributed by atoms with van der Waals surface area (Å²) in [5, 5.41) is 2.09. The monoisotopic (exact) mass is 482 g/mol. The standard InChI is InChI=1S/C18H13BrF6N2O2/c19-13-3-1-2-9(4-13)5-14(15(26)28)27-16(29)10-6-11(17(20,21)22)8-12(7-10)18(23,24)25/h1-4,6-8,14H,5H2,(H2,26,28)(H,27,29)/t14-/m0/s1. The van der Waals surface area contributed by atoms with E-state index in [9.17, 15) is 35.9 Å². The van der Waals surface area contributed by atoms with E-state index in [1.807, 2.05) is 0 Å². The molecule has 0 bridgehead atoms. The van der Waals surface area contributed by atoms with E-state index < -0.39 is 46.9 Å². The normalized spacial score (nSPS) is 13.1. The third-order valence-electron chi connectivity index (χ3n) is 3.83. The van der Waals surface area contributed by atoms with E-state index in [4.69, 9.17) is 5.73 Å². The lowest BCUT2D eigenvalue weighted by Gasteiger charge is -2.18. The summed E-state index contributed by atoms with van der Waals surface area (Å²) in [4.78, 5) is 24.0. The number of halogens is 7. The highest BCUT2D eigenvalue weighted by atomic mass is 79.9. The Morgan fingerprint density at radius 3 is 1.97 bits per heavy atom. The molecular weight excluding hydrogens is 470 g/mol. The maximum atomic E-state index is 12.9. The van der Waals surface area contributed by atoms with Gasteiger partial charge in [-0.2, -0.15) is 26.3 Å². The molecule has 2 aromatic rings. The fraction of sp³-hybridized carbons (Fsp3) is 0.222. The lowest BCUT2D eigenvalue weighted by molar-refractivity contribution is -0.143. The van der Waals surface area contributed by atoms with Gasteiger partial charge in [0.05, 0.1) is 11.1 Å². The average molecular weight is 483 g/mol. The minimum atomic E-state index is -5.10. The van der Waals surface area contributed by atoms with Gasteiger partial charge >= 0.3 is 12.4 Å². The number of nitrogens with two attached hydrogens (primary N) is 1. The van der Waals surface area contributed by atoms with Crippen LogP contribution in [0.4, 0.5) is 26.3 Å². The quantitative estimate of drug-likeness (QED) is 0.623. The Morgan fingerprint density at radius 2 is 1.52 bits per heavy atom. The molecule has 2 amide bonds. The highest BCUT2D eigenvalue weighted by Crippen LogP contribution is 2.36. The summed E-state index contributed by atoms with van der Waals surface area (Å²) in [6.45, 7) is 0. The largest absolute Gasteiger partial charge is 0.416 e. The van der Waals surface area contributed by atoms with Gasteiger partial charge in [-0.25, -0.2) is 0 Å². The highest BCUT2D eigenvalue weighted by molar-refractivity contribution is 9.10. The zero-order valence-corrected chi connectivity index (χ0v) is 16.0. The van der Waals surface area contributed by atoms with Crippen molar-refractivity contribution in [2.24, 2.45) is 5.73 Å². The first-order valence-electron chi connectivity index (χ1n) is 7.91. The minimum absolute atomic E-state index is 0.0934. The van der Waals surface area contributed by atoms with Crippen LogP contribution < -0.4 is 11.1 Å². The van der Waals surface area contributed by atoms with Crippen LogP contribution in [-0.4, -0.2) is 17.9 Å². The maximum absolute atomic E-state index is 12.9. The molecule has 0 spiro atoms. The Bertz CT molecular complexity index is 895. The van der Waals surface area contributed by atoms with Crippen molar-refractivity contribution < 1.29 is 35.9 Å². The smallest absolute Gasteiger partial charge is 0.368 e. The van der Waals surface area contributed by atoms with Crippen molar-refractivity contribution in [1.82, 2.24) is 5.32 Å². The molecule has 0 aliphatic carbocycles. The van der Waals surface area contributed by atoms with E-state index in [2.05, 4.69) is 21.2 Å². The second-order valence-electron chi connectivity index (χ2n) is 6.06. The molecule has 0 unspecified atom stereocenters. The molecule has 3 N–H and O–H groups in total. The van der Waals surface area contributed by atoms with Crippen LogP contribution in [0.3, 0.4) is 0 Å². The van der Waals surface area contributed by atoms with Gasteiger partial charge < -0.3 is 11.1 Å². The van der Waals surface area contributed by atoms with Gasteiger partial charge in [-0.05, 0) is 35.9 Å².